The maximum Gasteiger partial charge on any atom is 0.261 e. The molecule has 1 aliphatic rings. The van der Waals surface area contributed by atoms with Crippen molar-refractivity contribution in [2.24, 2.45) is 0 Å². The molecule has 5 heteroatoms. The van der Waals surface area contributed by atoms with Gasteiger partial charge in [-0.3, -0.25) is 19.3 Å². The molecule has 1 aliphatic heterocycles. The Hall–Kier alpha value is -2.17. The van der Waals surface area contributed by atoms with E-state index in [-0.39, 0.29) is 30.3 Å². The number of nitrogens with zero attached hydrogens (tertiary/aromatic N) is 1. The Bertz CT molecular complexity index is 544. The van der Waals surface area contributed by atoms with E-state index in [0.717, 1.165) is 12.8 Å². The topological polar surface area (TPSA) is 66.5 Å². The van der Waals surface area contributed by atoms with Gasteiger partial charge in [-0.25, -0.2) is 0 Å². The first-order valence-corrected chi connectivity index (χ1v) is 7.83. The summed E-state index contributed by atoms with van der Waals surface area (Å²) in [5.74, 6) is -0.549. The normalized spacial score (nSPS) is 13.7. The molecule has 1 aromatic rings. The van der Waals surface area contributed by atoms with Gasteiger partial charge in [0.25, 0.3) is 11.8 Å². The Balaban J connectivity index is 1.85. The number of nitrogens with one attached hydrogen (secondary N) is 1. The van der Waals surface area contributed by atoms with Crippen molar-refractivity contribution in [2.75, 3.05) is 6.54 Å². The molecule has 0 fully saturated rings. The third-order valence-electron chi connectivity index (χ3n) is 4.01. The Morgan fingerprint density at radius 1 is 1.09 bits per heavy atom. The highest BCUT2D eigenvalue weighted by molar-refractivity contribution is 6.21. The largest absolute Gasteiger partial charge is 0.353 e. The van der Waals surface area contributed by atoms with Crippen LogP contribution in [0.5, 0.6) is 0 Å². The van der Waals surface area contributed by atoms with E-state index in [4.69, 9.17) is 0 Å². The number of benzene rings is 1. The Morgan fingerprint density at radius 2 is 1.64 bits per heavy atom. The van der Waals surface area contributed by atoms with Crippen LogP contribution in [0.25, 0.3) is 0 Å². The molecule has 0 saturated carbocycles. The molecule has 0 unspecified atom stereocenters. The molecular formula is C17H22N2O3. The van der Waals surface area contributed by atoms with Gasteiger partial charge in [-0.05, 0) is 31.4 Å². The minimum Gasteiger partial charge on any atom is -0.353 e. The van der Waals surface area contributed by atoms with Gasteiger partial charge < -0.3 is 5.32 Å². The first-order valence-electron chi connectivity index (χ1n) is 7.83. The highest BCUT2D eigenvalue weighted by Crippen LogP contribution is 2.22. The number of carbonyl (C=O) groups is 3. The summed E-state index contributed by atoms with van der Waals surface area (Å²) in [5, 5.41) is 2.95. The summed E-state index contributed by atoms with van der Waals surface area (Å²) >= 11 is 0. The van der Waals surface area contributed by atoms with Crippen molar-refractivity contribution in [3.63, 3.8) is 0 Å². The summed E-state index contributed by atoms with van der Waals surface area (Å²) in [6.07, 6.45) is 2.61. The van der Waals surface area contributed by atoms with Crippen molar-refractivity contribution >= 4 is 17.7 Å². The maximum absolute atomic E-state index is 12.2. The van der Waals surface area contributed by atoms with Crippen LogP contribution in [-0.4, -0.2) is 35.2 Å². The van der Waals surface area contributed by atoms with Crippen LogP contribution in [0.4, 0.5) is 0 Å². The molecule has 1 heterocycles. The van der Waals surface area contributed by atoms with Crippen molar-refractivity contribution in [1.29, 1.82) is 0 Å². The number of fused-ring (bicyclic) bond motifs is 1. The molecule has 0 atom stereocenters. The molecule has 0 radical (unpaired) electrons. The minimum atomic E-state index is -0.263. The maximum atomic E-state index is 12.2. The zero-order valence-corrected chi connectivity index (χ0v) is 13.1. The van der Waals surface area contributed by atoms with Crippen molar-refractivity contribution in [2.45, 2.75) is 45.6 Å². The van der Waals surface area contributed by atoms with Crippen LogP contribution < -0.4 is 5.32 Å². The lowest BCUT2D eigenvalue weighted by molar-refractivity contribution is -0.122. The summed E-state index contributed by atoms with van der Waals surface area (Å²) in [7, 11) is 0. The second kappa shape index (κ2) is 7.20. The molecule has 0 spiro atoms. The molecule has 0 aromatic heterocycles. The van der Waals surface area contributed by atoms with E-state index in [1.807, 2.05) is 13.8 Å². The fraction of sp³-hybridized carbons (Fsp3) is 0.471. The van der Waals surface area contributed by atoms with Gasteiger partial charge in [-0.15, -0.1) is 0 Å². The Labute approximate surface area is 130 Å². The summed E-state index contributed by atoms with van der Waals surface area (Å²) in [6, 6.07) is 7.02. The monoisotopic (exact) mass is 302 g/mol. The lowest BCUT2D eigenvalue weighted by Gasteiger charge is -2.16. The first-order chi connectivity index (χ1) is 10.6. The number of rotatable bonds is 7. The third kappa shape index (κ3) is 3.35. The highest BCUT2D eigenvalue weighted by atomic mass is 16.2. The van der Waals surface area contributed by atoms with Gasteiger partial charge in [0.2, 0.25) is 5.91 Å². The van der Waals surface area contributed by atoms with Crippen LogP contribution in [0.15, 0.2) is 24.3 Å². The third-order valence-corrected chi connectivity index (χ3v) is 4.01. The summed E-state index contributed by atoms with van der Waals surface area (Å²) in [6.45, 7) is 4.35. The van der Waals surface area contributed by atoms with Crippen molar-refractivity contribution in [3.05, 3.63) is 35.4 Å². The Kier molecular flexibility index (Phi) is 5.31. The first kappa shape index (κ1) is 16.2. The molecule has 5 nitrogen and oxygen atoms in total. The lowest BCUT2D eigenvalue weighted by Crippen LogP contribution is -2.35. The lowest BCUT2D eigenvalue weighted by atomic mass is 10.1. The SMILES string of the molecule is CCC(CC)NC(=O)CCCN1C(=O)c2ccccc2C1=O. The van der Waals surface area contributed by atoms with Gasteiger partial charge in [-0.2, -0.15) is 0 Å². The summed E-state index contributed by atoms with van der Waals surface area (Å²) in [4.78, 5) is 37.4. The van der Waals surface area contributed by atoms with Crippen molar-refractivity contribution < 1.29 is 14.4 Å². The summed E-state index contributed by atoms with van der Waals surface area (Å²) < 4.78 is 0. The number of imide groups is 1. The van der Waals surface area contributed by atoms with Gasteiger partial charge in [0.05, 0.1) is 11.1 Å². The van der Waals surface area contributed by atoms with E-state index in [2.05, 4.69) is 5.32 Å². The highest BCUT2D eigenvalue weighted by Gasteiger charge is 2.34. The Morgan fingerprint density at radius 3 is 2.14 bits per heavy atom. The van der Waals surface area contributed by atoms with Gasteiger partial charge in [-0.1, -0.05) is 26.0 Å². The molecule has 0 aliphatic carbocycles. The van der Waals surface area contributed by atoms with Crippen LogP contribution in [-0.2, 0) is 4.79 Å². The number of hydrogen-bond donors (Lipinski definition) is 1. The van der Waals surface area contributed by atoms with E-state index in [0.29, 0.717) is 24.0 Å². The fourth-order valence-corrected chi connectivity index (χ4v) is 2.63. The van der Waals surface area contributed by atoms with Gasteiger partial charge in [0, 0.05) is 19.0 Å². The second-order valence-corrected chi connectivity index (χ2v) is 5.49. The van der Waals surface area contributed by atoms with Gasteiger partial charge in [0.1, 0.15) is 0 Å². The van der Waals surface area contributed by atoms with Crippen molar-refractivity contribution in [3.8, 4) is 0 Å². The average molecular weight is 302 g/mol. The van der Waals surface area contributed by atoms with Crippen LogP contribution in [0.1, 0.15) is 60.2 Å². The van der Waals surface area contributed by atoms with E-state index < -0.39 is 0 Å². The number of hydrogen-bond acceptors (Lipinski definition) is 3. The molecule has 0 bridgehead atoms. The van der Waals surface area contributed by atoms with Crippen LogP contribution >= 0.6 is 0 Å². The second-order valence-electron chi connectivity index (χ2n) is 5.49. The molecule has 22 heavy (non-hydrogen) atoms. The van der Waals surface area contributed by atoms with Crippen LogP contribution in [0.3, 0.4) is 0 Å². The quantitative estimate of drug-likeness (QED) is 0.786. The standard InChI is InChI=1S/C17H22N2O3/c1-3-12(4-2)18-15(20)10-7-11-19-16(21)13-8-5-6-9-14(13)17(19)22/h5-6,8-9,12H,3-4,7,10-11H2,1-2H3,(H,18,20). The number of amides is 3. The molecule has 2 rings (SSSR count). The predicted molar refractivity (Wildman–Crippen MR) is 83.6 cm³/mol. The van der Waals surface area contributed by atoms with Crippen LogP contribution in [0.2, 0.25) is 0 Å². The van der Waals surface area contributed by atoms with Crippen LogP contribution in [0, 0.1) is 0 Å². The molecular weight excluding hydrogens is 280 g/mol. The van der Waals surface area contributed by atoms with Crippen molar-refractivity contribution in [1.82, 2.24) is 10.2 Å². The molecule has 3 amide bonds. The average Bonchev–Trinajstić information content (AvgIpc) is 2.78. The smallest absolute Gasteiger partial charge is 0.261 e. The predicted octanol–water partition coefficient (Wildman–Crippen LogP) is 2.37. The zero-order valence-electron chi connectivity index (χ0n) is 13.1. The van der Waals surface area contributed by atoms with E-state index >= 15 is 0 Å². The van der Waals surface area contributed by atoms with Gasteiger partial charge >= 0.3 is 0 Å². The fourth-order valence-electron chi connectivity index (χ4n) is 2.63. The molecule has 1 aromatic carbocycles. The van der Waals surface area contributed by atoms with Gasteiger partial charge in [0.15, 0.2) is 0 Å². The molecule has 0 saturated heterocycles. The summed E-state index contributed by atoms with van der Waals surface area (Å²) in [5.41, 5.74) is 0.906. The van der Waals surface area contributed by atoms with E-state index in [1.165, 1.54) is 4.90 Å². The van der Waals surface area contributed by atoms with E-state index in [1.54, 1.807) is 24.3 Å². The number of carbonyl (C=O) groups excluding carboxylic acids is 3. The molecule has 1 N–H and O–H groups in total. The van der Waals surface area contributed by atoms with E-state index in [9.17, 15) is 14.4 Å². The zero-order chi connectivity index (χ0) is 16.1. The molecule has 118 valence electrons. The minimum absolute atomic E-state index is 0.0229.